The van der Waals surface area contributed by atoms with Gasteiger partial charge in [-0.3, -0.25) is 0 Å². The highest BCUT2D eigenvalue weighted by molar-refractivity contribution is 5.58. The summed E-state index contributed by atoms with van der Waals surface area (Å²) in [6, 6.07) is 2.04. The first-order valence-corrected chi connectivity index (χ1v) is 5.75. The van der Waals surface area contributed by atoms with Crippen molar-refractivity contribution in [1.82, 2.24) is 14.8 Å². The van der Waals surface area contributed by atoms with E-state index in [0.29, 0.717) is 0 Å². The van der Waals surface area contributed by atoms with Gasteiger partial charge in [0.1, 0.15) is 17.3 Å². The molecule has 1 aliphatic rings. The third kappa shape index (κ3) is 1.37. The van der Waals surface area contributed by atoms with Gasteiger partial charge in [0.25, 0.3) is 0 Å². The normalized spacial score (nSPS) is 15.1. The third-order valence-corrected chi connectivity index (χ3v) is 3.14. The molecule has 2 aromatic heterocycles. The first-order valence-electron chi connectivity index (χ1n) is 5.75. The van der Waals surface area contributed by atoms with Crippen molar-refractivity contribution < 1.29 is 4.42 Å². The van der Waals surface area contributed by atoms with Gasteiger partial charge in [-0.15, -0.1) is 10.2 Å². The predicted molar refractivity (Wildman–Crippen MR) is 60.1 cm³/mol. The molecule has 2 aromatic rings. The maximum atomic E-state index is 5.55. The summed E-state index contributed by atoms with van der Waals surface area (Å²) >= 11 is 0. The summed E-state index contributed by atoms with van der Waals surface area (Å²) < 4.78 is 7.77. The number of fused-ring (bicyclic) bond motifs is 1. The van der Waals surface area contributed by atoms with Crippen LogP contribution in [0.15, 0.2) is 10.5 Å². The first-order chi connectivity index (χ1) is 7.75. The minimum atomic E-state index is 0.929. The Balaban J connectivity index is 2.13. The molecular weight excluding hydrogens is 202 g/mol. The van der Waals surface area contributed by atoms with Crippen LogP contribution in [0.3, 0.4) is 0 Å². The fraction of sp³-hybridized carbons (Fsp3) is 0.500. The number of nitrogens with zero attached hydrogens (tertiary/aromatic N) is 3. The molecule has 4 nitrogen and oxygen atoms in total. The van der Waals surface area contributed by atoms with E-state index in [9.17, 15) is 0 Å². The summed E-state index contributed by atoms with van der Waals surface area (Å²) in [5.74, 6) is 3.93. The Morgan fingerprint density at radius 2 is 2.12 bits per heavy atom. The highest BCUT2D eigenvalue weighted by Gasteiger charge is 2.19. The van der Waals surface area contributed by atoms with Crippen molar-refractivity contribution in [2.24, 2.45) is 0 Å². The Labute approximate surface area is 94.3 Å². The Kier molecular flexibility index (Phi) is 2.09. The maximum Gasteiger partial charge on any atom is 0.167 e. The lowest BCUT2D eigenvalue weighted by molar-refractivity contribution is 0.503. The van der Waals surface area contributed by atoms with Gasteiger partial charge in [0, 0.05) is 13.0 Å². The molecule has 0 bridgehead atoms. The van der Waals surface area contributed by atoms with Crippen molar-refractivity contribution in [2.75, 3.05) is 0 Å². The average Bonchev–Trinajstić information content (AvgIpc) is 2.81. The lowest BCUT2D eigenvalue weighted by Crippen LogP contribution is -2.11. The lowest BCUT2D eigenvalue weighted by Gasteiger charge is -2.14. The van der Waals surface area contributed by atoms with Crippen LogP contribution in [0.4, 0.5) is 0 Å². The van der Waals surface area contributed by atoms with E-state index in [1.807, 2.05) is 19.9 Å². The first kappa shape index (κ1) is 9.63. The van der Waals surface area contributed by atoms with Gasteiger partial charge in [-0.05, 0) is 32.8 Å². The Morgan fingerprint density at radius 3 is 2.88 bits per heavy atom. The molecule has 0 saturated carbocycles. The zero-order valence-electron chi connectivity index (χ0n) is 9.66. The molecule has 0 saturated heterocycles. The second kappa shape index (κ2) is 3.47. The standard InChI is InChI=1S/C12H15N3O/c1-8-7-10(9(2)16-8)12-14-13-11-5-3-4-6-15(11)12/h7H,3-6H2,1-2H3. The van der Waals surface area contributed by atoms with Crippen LogP contribution in [-0.4, -0.2) is 14.8 Å². The fourth-order valence-corrected chi connectivity index (χ4v) is 2.36. The SMILES string of the molecule is Cc1cc(-c2nnc3n2CCCC3)c(C)o1. The molecule has 0 N–H and O–H groups in total. The van der Waals surface area contributed by atoms with E-state index >= 15 is 0 Å². The van der Waals surface area contributed by atoms with E-state index < -0.39 is 0 Å². The highest BCUT2D eigenvalue weighted by atomic mass is 16.3. The molecule has 3 heterocycles. The largest absolute Gasteiger partial charge is 0.466 e. The molecule has 0 atom stereocenters. The van der Waals surface area contributed by atoms with E-state index in [2.05, 4.69) is 14.8 Å². The van der Waals surface area contributed by atoms with Crippen LogP contribution < -0.4 is 0 Å². The molecule has 0 unspecified atom stereocenters. The van der Waals surface area contributed by atoms with E-state index in [1.165, 1.54) is 12.8 Å². The van der Waals surface area contributed by atoms with Crippen molar-refractivity contribution in [3.05, 3.63) is 23.4 Å². The smallest absolute Gasteiger partial charge is 0.167 e. The van der Waals surface area contributed by atoms with Crippen molar-refractivity contribution in [1.29, 1.82) is 0 Å². The molecule has 0 fully saturated rings. The zero-order chi connectivity index (χ0) is 11.1. The van der Waals surface area contributed by atoms with E-state index in [-0.39, 0.29) is 0 Å². The van der Waals surface area contributed by atoms with Crippen molar-refractivity contribution in [3.63, 3.8) is 0 Å². The van der Waals surface area contributed by atoms with Gasteiger partial charge in [0.2, 0.25) is 0 Å². The second-order valence-corrected chi connectivity index (χ2v) is 4.38. The van der Waals surface area contributed by atoms with Gasteiger partial charge in [-0.25, -0.2) is 0 Å². The quantitative estimate of drug-likeness (QED) is 0.737. The van der Waals surface area contributed by atoms with Crippen LogP contribution in [0, 0.1) is 13.8 Å². The molecule has 0 aromatic carbocycles. The number of furan rings is 1. The van der Waals surface area contributed by atoms with Crippen LogP contribution in [0.2, 0.25) is 0 Å². The molecule has 0 spiro atoms. The van der Waals surface area contributed by atoms with Gasteiger partial charge < -0.3 is 8.98 Å². The maximum absolute atomic E-state index is 5.55. The van der Waals surface area contributed by atoms with Crippen LogP contribution in [0.5, 0.6) is 0 Å². The topological polar surface area (TPSA) is 43.9 Å². The molecule has 3 rings (SSSR count). The molecule has 0 amide bonds. The van der Waals surface area contributed by atoms with Gasteiger partial charge >= 0.3 is 0 Å². The van der Waals surface area contributed by atoms with E-state index in [1.54, 1.807) is 0 Å². The van der Waals surface area contributed by atoms with Gasteiger partial charge in [0.05, 0.1) is 5.56 Å². The molecule has 16 heavy (non-hydrogen) atoms. The van der Waals surface area contributed by atoms with E-state index in [0.717, 1.165) is 41.7 Å². The number of hydrogen-bond donors (Lipinski definition) is 0. The summed E-state index contributed by atoms with van der Waals surface area (Å²) in [4.78, 5) is 0. The number of hydrogen-bond acceptors (Lipinski definition) is 3. The second-order valence-electron chi connectivity index (χ2n) is 4.38. The van der Waals surface area contributed by atoms with E-state index in [4.69, 9.17) is 4.42 Å². The minimum absolute atomic E-state index is 0.929. The van der Waals surface area contributed by atoms with Gasteiger partial charge in [-0.2, -0.15) is 0 Å². The summed E-state index contributed by atoms with van der Waals surface area (Å²) in [7, 11) is 0. The minimum Gasteiger partial charge on any atom is -0.466 e. The monoisotopic (exact) mass is 217 g/mol. The molecule has 0 aliphatic carbocycles. The summed E-state index contributed by atoms with van der Waals surface area (Å²) in [5.41, 5.74) is 1.08. The third-order valence-electron chi connectivity index (χ3n) is 3.14. The summed E-state index contributed by atoms with van der Waals surface area (Å²) in [5, 5.41) is 8.55. The predicted octanol–water partition coefficient (Wildman–Crippen LogP) is 2.49. The van der Waals surface area contributed by atoms with Crippen LogP contribution in [-0.2, 0) is 13.0 Å². The highest BCUT2D eigenvalue weighted by Crippen LogP contribution is 2.27. The van der Waals surface area contributed by atoms with Crippen LogP contribution in [0.25, 0.3) is 11.4 Å². The summed E-state index contributed by atoms with van der Waals surface area (Å²) in [6.45, 7) is 4.97. The number of rotatable bonds is 1. The average molecular weight is 217 g/mol. The number of aromatic nitrogens is 3. The molecule has 1 aliphatic heterocycles. The Hall–Kier alpha value is -1.58. The molecule has 4 heteroatoms. The molecular formula is C12H15N3O. The van der Waals surface area contributed by atoms with Gasteiger partial charge in [0.15, 0.2) is 5.82 Å². The van der Waals surface area contributed by atoms with Crippen LogP contribution in [0.1, 0.15) is 30.2 Å². The Morgan fingerprint density at radius 1 is 1.25 bits per heavy atom. The molecule has 0 radical (unpaired) electrons. The number of aryl methyl sites for hydroxylation is 3. The summed E-state index contributed by atoms with van der Waals surface area (Å²) in [6.07, 6.45) is 3.48. The Bertz CT molecular complexity index is 524. The van der Waals surface area contributed by atoms with Crippen molar-refractivity contribution in [3.8, 4) is 11.4 Å². The van der Waals surface area contributed by atoms with Crippen molar-refractivity contribution in [2.45, 2.75) is 39.7 Å². The molecule has 84 valence electrons. The van der Waals surface area contributed by atoms with Crippen molar-refractivity contribution >= 4 is 0 Å². The fourth-order valence-electron chi connectivity index (χ4n) is 2.36. The van der Waals surface area contributed by atoms with Gasteiger partial charge in [-0.1, -0.05) is 0 Å². The van der Waals surface area contributed by atoms with Crippen LogP contribution >= 0.6 is 0 Å². The lowest BCUT2D eigenvalue weighted by atomic mass is 10.1. The zero-order valence-corrected chi connectivity index (χ0v) is 9.66.